The number of nitrogens with zero attached hydrogens (tertiary/aromatic N) is 2. The van der Waals surface area contributed by atoms with E-state index in [1.807, 2.05) is 34.0 Å². The van der Waals surface area contributed by atoms with Crippen LogP contribution in [0.2, 0.25) is 0 Å². The van der Waals surface area contributed by atoms with Gasteiger partial charge in [-0.15, -0.1) is 0 Å². The van der Waals surface area contributed by atoms with E-state index >= 15 is 0 Å². The number of aromatic nitrogens is 2. The van der Waals surface area contributed by atoms with Gasteiger partial charge in [0, 0.05) is 11.8 Å². The van der Waals surface area contributed by atoms with Crippen LogP contribution in [0.5, 0.6) is 0 Å². The Morgan fingerprint density at radius 1 is 1.41 bits per heavy atom. The standard InChI is InChI=1S/C11H17N3O2S/c1-7-6-8(13-9(12-7)17-5)14-10(15)16-11(2,3)4/h6H,1-5H3,(H,12,13,14,15). The molecule has 5 nitrogen and oxygen atoms in total. The number of ether oxygens (including phenoxy) is 1. The van der Waals surface area contributed by atoms with E-state index in [-0.39, 0.29) is 0 Å². The molecule has 1 rings (SSSR count). The highest BCUT2D eigenvalue weighted by Gasteiger charge is 2.16. The topological polar surface area (TPSA) is 64.1 Å². The Kier molecular flexibility index (Phi) is 4.34. The fourth-order valence-corrected chi connectivity index (χ4v) is 1.53. The molecule has 0 fully saturated rings. The highest BCUT2D eigenvalue weighted by Crippen LogP contribution is 2.15. The number of thioether (sulfide) groups is 1. The maximum absolute atomic E-state index is 11.5. The number of nitrogens with one attached hydrogen (secondary N) is 1. The summed E-state index contributed by atoms with van der Waals surface area (Å²) in [5.41, 5.74) is 0.282. The van der Waals surface area contributed by atoms with Gasteiger partial charge < -0.3 is 4.74 Å². The lowest BCUT2D eigenvalue weighted by Gasteiger charge is -2.19. The van der Waals surface area contributed by atoms with Crippen molar-refractivity contribution in [3.8, 4) is 0 Å². The minimum atomic E-state index is -0.519. The van der Waals surface area contributed by atoms with Gasteiger partial charge in [0.2, 0.25) is 0 Å². The van der Waals surface area contributed by atoms with Crippen molar-refractivity contribution < 1.29 is 9.53 Å². The Hall–Kier alpha value is -1.30. The monoisotopic (exact) mass is 255 g/mol. The fourth-order valence-electron chi connectivity index (χ4n) is 1.10. The Morgan fingerprint density at radius 2 is 2.06 bits per heavy atom. The first-order chi connectivity index (χ1) is 7.80. The van der Waals surface area contributed by atoms with Crippen molar-refractivity contribution in [2.75, 3.05) is 11.6 Å². The molecule has 0 aliphatic carbocycles. The molecule has 0 aromatic carbocycles. The van der Waals surface area contributed by atoms with Gasteiger partial charge in [0.1, 0.15) is 11.4 Å². The lowest BCUT2D eigenvalue weighted by Crippen LogP contribution is -2.27. The Morgan fingerprint density at radius 3 is 2.59 bits per heavy atom. The third kappa shape index (κ3) is 5.04. The molecule has 1 amide bonds. The SMILES string of the molecule is CSc1nc(C)cc(NC(=O)OC(C)(C)C)n1. The molecule has 1 N–H and O–H groups in total. The number of amides is 1. The van der Waals surface area contributed by atoms with Crippen LogP contribution in [-0.2, 0) is 4.74 Å². The van der Waals surface area contributed by atoms with E-state index in [9.17, 15) is 4.79 Å². The van der Waals surface area contributed by atoms with E-state index < -0.39 is 11.7 Å². The average Bonchev–Trinajstić information content (AvgIpc) is 2.13. The van der Waals surface area contributed by atoms with Crippen LogP contribution in [0.25, 0.3) is 0 Å². The second-order valence-electron chi connectivity index (χ2n) is 4.51. The van der Waals surface area contributed by atoms with Crippen molar-refractivity contribution in [3.63, 3.8) is 0 Å². The third-order valence-electron chi connectivity index (χ3n) is 1.65. The molecule has 0 saturated carbocycles. The molecule has 0 aliphatic rings. The summed E-state index contributed by atoms with van der Waals surface area (Å²) in [4.78, 5) is 19.9. The number of carbonyl (C=O) groups is 1. The molecule has 0 radical (unpaired) electrons. The predicted octanol–water partition coefficient (Wildman–Crippen LogP) is 2.85. The van der Waals surface area contributed by atoms with Crippen molar-refractivity contribution in [2.45, 2.75) is 38.5 Å². The summed E-state index contributed by atoms with van der Waals surface area (Å²) in [7, 11) is 0. The second-order valence-corrected chi connectivity index (χ2v) is 5.28. The van der Waals surface area contributed by atoms with E-state index in [0.29, 0.717) is 11.0 Å². The summed E-state index contributed by atoms with van der Waals surface area (Å²) >= 11 is 1.42. The fraction of sp³-hybridized carbons (Fsp3) is 0.545. The van der Waals surface area contributed by atoms with Crippen LogP contribution in [-0.4, -0.2) is 27.9 Å². The normalized spacial score (nSPS) is 11.1. The average molecular weight is 255 g/mol. The van der Waals surface area contributed by atoms with Crippen LogP contribution in [0.15, 0.2) is 11.2 Å². The Labute approximate surface area is 105 Å². The number of carbonyl (C=O) groups excluding carboxylic acids is 1. The molecular formula is C11H17N3O2S. The molecule has 0 bridgehead atoms. The maximum Gasteiger partial charge on any atom is 0.413 e. The van der Waals surface area contributed by atoms with Crippen molar-refractivity contribution in [3.05, 3.63) is 11.8 Å². The molecule has 1 aromatic heterocycles. The summed E-state index contributed by atoms with van der Waals surface area (Å²) in [6.45, 7) is 7.28. The van der Waals surface area contributed by atoms with E-state index in [1.54, 1.807) is 6.07 Å². The first-order valence-corrected chi connectivity index (χ1v) is 6.42. The second kappa shape index (κ2) is 5.35. The van der Waals surface area contributed by atoms with Crippen LogP contribution in [0.1, 0.15) is 26.5 Å². The van der Waals surface area contributed by atoms with Crippen molar-refractivity contribution >= 4 is 23.7 Å². The summed E-state index contributed by atoms with van der Waals surface area (Å²) in [5, 5.41) is 3.21. The molecule has 0 unspecified atom stereocenters. The highest BCUT2D eigenvalue weighted by atomic mass is 32.2. The molecule has 94 valence electrons. The summed E-state index contributed by atoms with van der Waals surface area (Å²) < 4.78 is 5.14. The minimum absolute atomic E-state index is 0.455. The molecule has 0 spiro atoms. The maximum atomic E-state index is 11.5. The van der Waals surface area contributed by atoms with Gasteiger partial charge >= 0.3 is 6.09 Å². The highest BCUT2D eigenvalue weighted by molar-refractivity contribution is 7.98. The summed E-state index contributed by atoms with van der Waals surface area (Å²) in [5.74, 6) is 0.455. The van der Waals surface area contributed by atoms with Crippen molar-refractivity contribution in [1.29, 1.82) is 0 Å². The van der Waals surface area contributed by atoms with Crippen LogP contribution in [0, 0.1) is 6.92 Å². The van der Waals surface area contributed by atoms with Crippen LogP contribution in [0.3, 0.4) is 0 Å². The molecule has 0 saturated heterocycles. The van der Waals surface area contributed by atoms with Crippen molar-refractivity contribution in [2.24, 2.45) is 0 Å². The van der Waals surface area contributed by atoms with E-state index in [1.165, 1.54) is 11.8 Å². The molecule has 0 atom stereocenters. The first kappa shape index (κ1) is 13.8. The molecular weight excluding hydrogens is 238 g/mol. The zero-order valence-corrected chi connectivity index (χ0v) is 11.5. The van der Waals surface area contributed by atoms with E-state index in [4.69, 9.17) is 4.74 Å². The molecule has 0 aliphatic heterocycles. The largest absolute Gasteiger partial charge is 0.444 e. The van der Waals surface area contributed by atoms with Gasteiger partial charge in [0.25, 0.3) is 0 Å². The first-order valence-electron chi connectivity index (χ1n) is 5.20. The Balaban J connectivity index is 2.74. The summed E-state index contributed by atoms with van der Waals surface area (Å²) in [6.07, 6.45) is 1.37. The van der Waals surface area contributed by atoms with Crippen LogP contribution < -0.4 is 5.32 Å². The number of anilines is 1. The number of hydrogen-bond donors (Lipinski definition) is 1. The molecule has 1 heterocycles. The number of rotatable bonds is 2. The smallest absolute Gasteiger partial charge is 0.413 e. The van der Waals surface area contributed by atoms with E-state index in [2.05, 4.69) is 15.3 Å². The van der Waals surface area contributed by atoms with Crippen molar-refractivity contribution in [1.82, 2.24) is 9.97 Å². The third-order valence-corrected chi connectivity index (χ3v) is 2.19. The zero-order valence-electron chi connectivity index (χ0n) is 10.7. The lowest BCUT2D eigenvalue weighted by atomic mass is 10.2. The lowest BCUT2D eigenvalue weighted by molar-refractivity contribution is 0.0635. The number of aryl methyl sites for hydroxylation is 1. The quantitative estimate of drug-likeness (QED) is 0.650. The zero-order chi connectivity index (χ0) is 13.1. The van der Waals surface area contributed by atoms with E-state index in [0.717, 1.165) is 5.69 Å². The van der Waals surface area contributed by atoms with Gasteiger partial charge in [0.15, 0.2) is 5.16 Å². The van der Waals surface area contributed by atoms with Gasteiger partial charge in [-0.05, 0) is 34.0 Å². The summed E-state index contributed by atoms with van der Waals surface area (Å²) in [6, 6.07) is 1.70. The van der Waals surface area contributed by atoms with Gasteiger partial charge in [-0.25, -0.2) is 14.8 Å². The Bertz CT molecular complexity index is 416. The van der Waals surface area contributed by atoms with Gasteiger partial charge in [0.05, 0.1) is 0 Å². The van der Waals surface area contributed by atoms with Gasteiger partial charge in [-0.3, -0.25) is 5.32 Å². The van der Waals surface area contributed by atoms with Gasteiger partial charge in [-0.2, -0.15) is 0 Å². The van der Waals surface area contributed by atoms with Crippen LogP contribution >= 0.6 is 11.8 Å². The van der Waals surface area contributed by atoms with Crippen LogP contribution in [0.4, 0.5) is 10.6 Å². The molecule has 17 heavy (non-hydrogen) atoms. The minimum Gasteiger partial charge on any atom is -0.444 e. The molecule has 1 aromatic rings. The molecule has 6 heteroatoms. The predicted molar refractivity (Wildman–Crippen MR) is 68.4 cm³/mol. The van der Waals surface area contributed by atoms with Gasteiger partial charge in [-0.1, -0.05) is 11.8 Å². The number of hydrogen-bond acceptors (Lipinski definition) is 5.